The number of aliphatic imine (C=N–C) groups is 2. The van der Waals surface area contributed by atoms with Gasteiger partial charge < -0.3 is 5.11 Å². The Morgan fingerprint density at radius 1 is 1.28 bits per heavy atom. The Kier molecular flexibility index (Phi) is 9.37. The van der Waals surface area contributed by atoms with Crippen LogP contribution in [0.1, 0.15) is 39.0 Å². The van der Waals surface area contributed by atoms with Gasteiger partial charge in [0.05, 0.1) is 18.5 Å². The Balaban J connectivity index is 4.17. The quantitative estimate of drug-likeness (QED) is 0.364. The van der Waals surface area contributed by atoms with Crippen LogP contribution in [0.15, 0.2) is 9.98 Å². The third-order valence-electron chi connectivity index (χ3n) is 2.75. The van der Waals surface area contributed by atoms with Crippen LogP contribution in [0.2, 0.25) is 0 Å². The van der Waals surface area contributed by atoms with Crippen LogP contribution >= 0.6 is 0 Å². The SMILES string of the molecule is CCC(CC(CCCCN=C=O)C(=O)O)N=C=O. The molecule has 1 N–H and O–H groups in total. The van der Waals surface area contributed by atoms with Crippen molar-refractivity contribution in [2.75, 3.05) is 6.54 Å². The molecule has 0 aromatic rings. The summed E-state index contributed by atoms with van der Waals surface area (Å²) < 4.78 is 0. The second kappa shape index (κ2) is 10.4. The maximum Gasteiger partial charge on any atom is 0.306 e. The molecule has 2 unspecified atom stereocenters. The lowest BCUT2D eigenvalue weighted by Crippen LogP contribution is -2.19. The molecule has 6 heteroatoms. The maximum absolute atomic E-state index is 11.0. The average molecular weight is 254 g/mol. The minimum atomic E-state index is -0.881. The van der Waals surface area contributed by atoms with Crippen LogP contribution < -0.4 is 0 Å². The maximum atomic E-state index is 11.0. The van der Waals surface area contributed by atoms with E-state index >= 15 is 0 Å². The van der Waals surface area contributed by atoms with Crippen LogP contribution in [0.5, 0.6) is 0 Å². The fourth-order valence-electron chi connectivity index (χ4n) is 1.68. The summed E-state index contributed by atoms with van der Waals surface area (Å²) in [5, 5.41) is 9.06. The molecule has 0 saturated carbocycles. The van der Waals surface area contributed by atoms with Crippen molar-refractivity contribution < 1.29 is 19.5 Å². The number of carboxylic acid groups (broad SMARTS) is 1. The number of carboxylic acids is 1. The summed E-state index contributed by atoms with van der Waals surface area (Å²) in [6, 6.07) is -0.281. The summed E-state index contributed by atoms with van der Waals surface area (Å²) in [6.45, 7) is 2.22. The first-order chi connectivity index (χ1) is 8.65. The highest BCUT2D eigenvalue weighted by Crippen LogP contribution is 2.18. The second-order valence-electron chi connectivity index (χ2n) is 4.02. The van der Waals surface area contributed by atoms with Gasteiger partial charge in [0.25, 0.3) is 0 Å². The van der Waals surface area contributed by atoms with Crippen molar-refractivity contribution in [2.45, 2.75) is 45.1 Å². The molecule has 0 radical (unpaired) electrons. The predicted molar refractivity (Wildman–Crippen MR) is 64.8 cm³/mol. The van der Waals surface area contributed by atoms with E-state index < -0.39 is 11.9 Å². The first kappa shape index (κ1) is 16.2. The molecule has 18 heavy (non-hydrogen) atoms. The van der Waals surface area contributed by atoms with E-state index in [1.165, 1.54) is 12.2 Å². The molecule has 0 heterocycles. The molecule has 0 bridgehead atoms. The highest BCUT2D eigenvalue weighted by molar-refractivity contribution is 5.70. The third kappa shape index (κ3) is 7.49. The topological polar surface area (TPSA) is 96.2 Å². The number of hydrogen-bond donors (Lipinski definition) is 1. The summed E-state index contributed by atoms with van der Waals surface area (Å²) in [5.41, 5.74) is 0. The Morgan fingerprint density at radius 3 is 2.50 bits per heavy atom. The standard InChI is InChI=1S/C12H18N2O4/c1-2-11(14-9-16)7-10(12(17)18)5-3-4-6-13-8-15/h10-11H,2-7H2,1H3,(H,17,18). The van der Waals surface area contributed by atoms with Crippen molar-refractivity contribution in [3.63, 3.8) is 0 Å². The molecule has 0 saturated heterocycles. The van der Waals surface area contributed by atoms with Crippen molar-refractivity contribution in [3.8, 4) is 0 Å². The van der Waals surface area contributed by atoms with Crippen molar-refractivity contribution in [3.05, 3.63) is 0 Å². The van der Waals surface area contributed by atoms with Gasteiger partial charge in [-0.1, -0.05) is 13.3 Å². The molecule has 0 aliphatic heterocycles. The minimum absolute atomic E-state index is 0.281. The average Bonchev–Trinajstić information content (AvgIpc) is 2.35. The molecule has 6 nitrogen and oxygen atoms in total. The van der Waals surface area contributed by atoms with Gasteiger partial charge >= 0.3 is 5.97 Å². The summed E-state index contributed by atoms with van der Waals surface area (Å²) in [4.78, 5) is 38.0. The highest BCUT2D eigenvalue weighted by atomic mass is 16.4. The van der Waals surface area contributed by atoms with Crippen molar-refractivity contribution >= 4 is 18.1 Å². The van der Waals surface area contributed by atoms with E-state index in [0.29, 0.717) is 38.6 Å². The van der Waals surface area contributed by atoms with E-state index in [2.05, 4.69) is 9.98 Å². The number of rotatable bonds is 10. The van der Waals surface area contributed by atoms with E-state index in [4.69, 9.17) is 5.11 Å². The van der Waals surface area contributed by atoms with Gasteiger partial charge in [-0.2, -0.15) is 0 Å². The van der Waals surface area contributed by atoms with E-state index in [-0.39, 0.29) is 6.04 Å². The van der Waals surface area contributed by atoms with Gasteiger partial charge in [0.2, 0.25) is 12.2 Å². The monoisotopic (exact) mass is 254 g/mol. The normalized spacial score (nSPS) is 12.9. The summed E-state index contributed by atoms with van der Waals surface area (Å²) in [7, 11) is 0. The lowest BCUT2D eigenvalue weighted by molar-refractivity contribution is -0.142. The van der Waals surface area contributed by atoms with Crippen LogP contribution in [0.25, 0.3) is 0 Å². The molecule has 0 aliphatic carbocycles. The van der Waals surface area contributed by atoms with Crippen LogP contribution in [0.3, 0.4) is 0 Å². The molecular formula is C12H18N2O4. The summed E-state index contributed by atoms with van der Waals surface area (Å²) in [6.07, 6.45) is 5.70. The molecule has 0 aromatic heterocycles. The predicted octanol–water partition coefficient (Wildman–Crippen LogP) is 1.70. The second-order valence-corrected chi connectivity index (χ2v) is 4.02. The molecular weight excluding hydrogens is 236 g/mol. The van der Waals surface area contributed by atoms with Gasteiger partial charge in [0.15, 0.2) is 0 Å². The number of hydrogen-bond acceptors (Lipinski definition) is 5. The molecule has 0 aliphatic rings. The lowest BCUT2D eigenvalue weighted by Gasteiger charge is -2.15. The van der Waals surface area contributed by atoms with Crippen molar-refractivity contribution in [2.24, 2.45) is 15.9 Å². The highest BCUT2D eigenvalue weighted by Gasteiger charge is 2.21. The molecule has 0 fully saturated rings. The Hall–Kier alpha value is -1.77. The largest absolute Gasteiger partial charge is 0.481 e. The zero-order valence-electron chi connectivity index (χ0n) is 10.5. The number of aliphatic carboxylic acids is 1. The number of unbranched alkanes of at least 4 members (excludes halogenated alkanes) is 1. The van der Waals surface area contributed by atoms with Gasteiger partial charge in [-0.15, -0.1) is 0 Å². The van der Waals surface area contributed by atoms with Gasteiger partial charge in [0, 0.05) is 0 Å². The van der Waals surface area contributed by atoms with E-state index in [9.17, 15) is 14.4 Å². The van der Waals surface area contributed by atoms with Crippen molar-refractivity contribution in [1.82, 2.24) is 0 Å². The number of carbonyl (C=O) groups excluding carboxylic acids is 2. The van der Waals surface area contributed by atoms with Crippen LogP contribution in [0.4, 0.5) is 0 Å². The first-order valence-corrected chi connectivity index (χ1v) is 5.99. The Bertz CT molecular complexity index is 344. The van der Waals surface area contributed by atoms with Gasteiger partial charge in [0.1, 0.15) is 0 Å². The van der Waals surface area contributed by atoms with Crippen LogP contribution in [-0.2, 0) is 14.4 Å². The van der Waals surface area contributed by atoms with Crippen LogP contribution in [0, 0.1) is 5.92 Å². The first-order valence-electron chi connectivity index (χ1n) is 5.99. The number of isocyanates is 2. The van der Waals surface area contributed by atoms with Gasteiger partial charge in [-0.25, -0.2) is 19.6 Å². The zero-order valence-corrected chi connectivity index (χ0v) is 10.5. The number of nitrogens with zero attached hydrogens (tertiary/aromatic N) is 2. The zero-order chi connectivity index (χ0) is 13.8. The summed E-state index contributed by atoms with van der Waals surface area (Å²) in [5.74, 6) is -1.40. The lowest BCUT2D eigenvalue weighted by atomic mass is 9.93. The Morgan fingerprint density at radius 2 is 2.00 bits per heavy atom. The molecule has 0 rings (SSSR count). The fourth-order valence-corrected chi connectivity index (χ4v) is 1.68. The molecule has 2 atom stereocenters. The van der Waals surface area contributed by atoms with Crippen molar-refractivity contribution in [1.29, 1.82) is 0 Å². The minimum Gasteiger partial charge on any atom is -0.481 e. The molecule has 100 valence electrons. The Labute approximate surface area is 106 Å². The van der Waals surface area contributed by atoms with Crippen LogP contribution in [-0.4, -0.2) is 35.8 Å². The third-order valence-corrected chi connectivity index (χ3v) is 2.75. The smallest absolute Gasteiger partial charge is 0.306 e. The summed E-state index contributed by atoms with van der Waals surface area (Å²) >= 11 is 0. The van der Waals surface area contributed by atoms with Gasteiger partial charge in [-0.05, 0) is 25.7 Å². The fraction of sp³-hybridized carbons (Fsp3) is 0.750. The van der Waals surface area contributed by atoms with Gasteiger partial charge in [-0.3, -0.25) is 4.79 Å². The van der Waals surface area contributed by atoms with E-state index in [0.717, 1.165) is 0 Å². The number of carbonyl (C=O) groups is 1. The molecule has 0 amide bonds. The van der Waals surface area contributed by atoms with E-state index in [1.54, 1.807) is 0 Å². The molecule has 0 aromatic carbocycles. The molecule has 0 spiro atoms. The van der Waals surface area contributed by atoms with E-state index in [1.807, 2.05) is 6.92 Å².